The van der Waals surface area contributed by atoms with Crippen LogP contribution in [0.25, 0.3) is 99.1 Å². The molecule has 0 bridgehead atoms. The smallest absolute Gasteiger partial charge is 0.145 e. The first kappa shape index (κ1) is 29.0. The number of benzene rings is 8. The highest BCUT2D eigenvalue weighted by Crippen LogP contribution is 2.44. The Balaban J connectivity index is 0.00000161. The van der Waals surface area contributed by atoms with Crippen molar-refractivity contribution in [2.75, 3.05) is 0 Å². The first-order chi connectivity index (χ1) is 25.3. The molecular formula is C47H31N3O. The van der Waals surface area contributed by atoms with Crippen molar-refractivity contribution in [3.05, 3.63) is 177 Å². The summed E-state index contributed by atoms with van der Waals surface area (Å²) in [5.41, 5.74) is 9.50. The maximum Gasteiger partial charge on any atom is 0.145 e. The van der Waals surface area contributed by atoms with Crippen molar-refractivity contribution in [2.24, 2.45) is 0 Å². The third-order valence-electron chi connectivity index (χ3n) is 10.1. The molecule has 0 saturated carbocycles. The van der Waals surface area contributed by atoms with Gasteiger partial charge in [0.05, 0.1) is 22.1 Å². The number of para-hydroxylation sites is 3. The Bertz CT molecular complexity index is 3110. The van der Waals surface area contributed by atoms with Gasteiger partial charge in [-0.25, -0.2) is 4.98 Å². The van der Waals surface area contributed by atoms with E-state index in [0.29, 0.717) is 0 Å². The van der Waals surface area contributed by atoms with Crippen LogP contribution in [-0.2, 0) is 0 Å². The van der Waals surface area contributed by atoms with Gasteiger partial charge < -0.3 is 8.98 Å². The summed E-state index contributed by atoms with van der Waals surface area (Å²) in [5.74, 6) is 0.922. The molecule has 3 heterocycles. The minimum absolute atomic E-state index is 0.904. The van der Waals surface area contributed by atoms with E-state index in [0.717, 1.165) is 66.6 Å². The molecule has 0 amide bonds. The molecular weight excluding hydrogens is 623 g/mol. The molecule has 0 radical (unpaired) electrons. The number of aromatic nitrogens is 3. The van der Waals surface area contributed by atoms with Crippen LogP contribution in [0.15, 0.2) is 181 Å². The fraction of sp³-hybridized carbons (Fsp3) is 0. The summed E-state index contributed by atoms with van der Waals surface area (Å²) in [6.45, 7) is 6.00. The third kappa shape index (κ3) is 4.23. The molecule has 51 heavy (non-hydrogen) atoms. The summed E-state index contributed by atoms with van der Waals surface area (Å²) >= 11 is 0. The molecule has 8 aromatic carbocycles. The second kappa shape index (κ2) is 11.3. The Hall–Kier alpha value is -6.91. The molecule has 0 saturated heterocycles. The molecule has 3 aromatic heterocycles. The van der Waals surface area contributed by atoms with Crippen LogP contribution >= 0.6 is 0 Å². The predicted molar refractivity (Wildman–Crippen MR) is 214 cm³/mol. The Labute approximate surface area is 293 Å². The van der Waals surface area contributed by atoms with Crippen molar-refractivity contribution in [3.8, 4) is 22.8 Å². The average molecular weight is 654 g/mol. The van der Waals surface area contributed by atoms with Gasteiger partial charge in [0.1, 0.15) is 17.0 Å². The van der Waals surface area contributed by atoms with Crippen LogP contribution in [-0.4, -0.2) is 14.1 Å². The molecule has 0 fully saturated rings. The lowest BCUT2D eigenvalue weighted by atomic mass is 10.0. The topological polar surface area (TPSA) is 35.9 Å². The molecule has 0 aliphatic rings. The number of hydrogen-bond acceptors (Lipinski definition) is 2. The van der Waals surface area contributed by atoms with Gasteiger partial charge in [0, 0.05) is 49.3 Å². The zero-order chi connectivity index (χ0) is 34.1. The lowest BCUT2D eigenvalue weighted by Gasteiger charge is -2.12. The van der Waals surface area contributed by atoms with Gasteiger partial charge >= 0.3 is 0 Å². The van der Waals surface area contributed by atoms with E-state index in [4.69, 9.17) is 9.40 Å². The molecule has 240 valence electrons. The predicted octanol–water partition coefficient (Wildman–Crippen LogP) is 12.8. The number of imidazole rings is 1. The van der Waals surface area contributed by atoms with Crippen LogP contribution in [0.5, 0.6) is 0 Å². The number of nitrogens with zero attached hydrogens (tertiary/aromatic N) is 3. The van der Waals surface area contributed by atoms with Gasteiger partial charge in [-0.1, -0.05) is 97.1 Å². The maximum atomic E-state index is 6.64. The largest absolute Gasteiger partial charge is 0.455 e. The molecule has 11 rings (SSSR count). The SMILES string of the molecule is C=C.c1ccc(-n2c(-c3ccc(-n4c5ccc6oc7c8ccccc8ccc7c6c5c5ccc6ccccc6c54)cc3)nc3ccccc32)cc1. The molecule has 11 aromatic rings. The molecule has 0 aliphatic heterocycles. The van der Waals surface area contributed by atoms with E-state index in [1.54, 1.807) is 0 Å². The van der Waals surface area contributed by atoms with E-state index in [-0.39, 0.29) is 0 Å². The molecule has 4 nitrogen and oxygen atoms in total. The second-order valence-corrected chi connectivity index (χ2v) is 12.8. The highest BCUT2D eigenvalue weighted by atomic mass is 16.3. The van der Waals surface area contributed by atoms with Crippen molar-refractivity contribution >= 4 is 76.3 Å². The van der Waals surface area contributed by atoms with Crippen LogP contribution in [0.3, 0.4) is 0 Å². The van der Waals surface area contributed by atoms with Gasteiger partial charge in [-0.2, -0.15) is 0 Å². The average Bonchev–Trinajstić information content (AvgIpc) is 3.89. The Morgan fingerprint density at radius 1 is 0.451 bits per heavy atom. The minimum atomic E-state index is 0.904. The normalized spacial score (nSPS) is 11.7. The van der Waals surface area contributed by atoms with E-state index in [2.05, 4.69) is 180 Å². The highest BCUT2D eigenvalue weighted by Gasteiger charge is 2.21. The molecule has 0 aliphatic carbocycles. The van der Waals surface area contributed by atoms with Crippen LogP contribution in [0.2, 0.25) is 0 Å². The van der Waals surface area contributed by atoms with Crippen LogP contribution in [0.4, 0.5) is 0 Å². The zero-order valence-corrected chi connectivity index (χ0v) is 27.8. The Morgan fingerprint density at radius 3 is 1.90 bits per heavy atom. The van der Waals surface area contributed by atoms with Crippen LogP contribution in [0, 0.1) is 0 Å². The summed E-state index contributed by atoms with van der Waals surface area (Å²) in [5, 5.41) is 9.47. The lowest BCUT2D eigenvalue weighted by Crippen LogP contribution is -1.98. The first-order valence-corrected chi connectivity index (χ1v) is 17.1. The Morgan fingerprint density at radius 2 is 1.10 bits per heavy atom. The summed E-state index contributed by atoms with van der Waals surface area (Å²) in [6, 6.07) is 58.2. The molecule has 4 heteroatoms. The fourth-order valence-corrected chi connectivity index (χ4v) is 7.95. The number of rotatable bonds is 3. The monoisotopic (exact) mass is 653 g/mol. The van der Waals surface area contributed by atoms with Gasteiger partial charge in [-0.05, 0) is 77.5 Å². The van der Waals surface area contributed by atoms with E-state index in [1.807, 2.05) is 6.07 Å². The zero-order valence-electron chi connectivity index (χ0n) is 27.8. The first-order valence-electron chi connectivity index (χ1n) is 17.1. The van der Waals surface area contributed by atoms with Crippen molar-refractivity contribution in [3.63, 3.8) is 0 Å². The lowest BCUT2D eigenvalue weighted by molar-refractivity contribution is 0.673. The fourth-order valence-electron chi connectivity index (χ4n) is 7.95. The van der Waals surface area contributed by atoms with Crippen molar-refractivity contribution < 1.29 is 4.42 Å². The van der Waals surface area contributed by atoms with Gasteiger partial charge in [0.25, 0.3) is 0 Å². The minimum Gasteiger partial charge on any atom is -0.455 e. The van der Waals surface area contributed by atoms with Gasteiger partial charge in [0.2, 0.25) is 0 Å². The van der Waals surface area contributed by atoms with Gasteiger partial charge in [-0.3, -0.25) is 4.57 Å². The number of furan rings is 1. The van der Waals surface area contributed by atoms with E-state index in [9.17, 15) is 0 Å². The van der Waals surface area contributed by atoms with Gasteiger partial charge in [0.15, 0.2) is 0 Å². The standard InChI is InChI=1S/C45H27N3O.C2H4/c1-2-12-31(13-3-1)48-38-17-9-8-16-37(38)46-45(48)30-18-22-32(23-19-30)47-39-26-27-40-42(36-25-21-29-11-5-7-15-34(29)44(36)49-40)41(39)35-24-20-28-10-4-6-14-33(28)43(35)47;1-2/h1-27H;1-2H2. The van der Waals surface area contributed by atoms with Crippen molar-refractivity contribution in [1.29, 1.82) is 0 Å². The number of fused-ring (bicyclic) bond motifs is 12. The highest BCUT2D eigenvalue weighted by molar-refractivity contribution is 6.31. The van der Waals surface area contributed by atoms with E-state index in [1.165, 1.54) is 32.4 Å². The summed E-state index contributed by atoms with van der Waals surface area (Å²) < 4.78 is 11.3. The Kier molecular flexibility index (Phi) is 6.45. The number of hydrogen-bond donors (Lipinski definition) is 0. The second-order valence-electron chi connectivity index (χ2n) is 12.8. The van der Waals surface area contributed by atoms with E-state index < -0.39 is 0 Å². The quantitative estimate of drug-likeness (QED) is 0.178. The van der Waals surface area contributed by atoms with Crippen LogP contribution in [0.1, 0.15) is 0 Å². The third-order valence-corrected chi connectivity index (χ3v) is 10.1. The molecule has 0 atom stereocenters. The molecule has 0 spiro atoms. The summed E-state index contributed by atoms with van der Waals surface area (Å²) in [4.78, 5) is 5.12. The maximum absolute atomic E-state index is 6.64. The molecule has 0 unspecified atom stereocenters. The van der Waals surface area contributed by atoms with Crippen LogP contribution < -0.4 is 0 Å². The summed E-state index contributed by atoms with van der Waals surface area (Å²) in [6.07, 6.45) is 0. The van der Waals surface area contributed by atoms with Crippen molar-refractivity contribution in [1.82, 2.24) is 14.1 Å². The molecule has 0 N–H and O–H groups in total. The van der Waals surface area contributed by atoms with Crippen molar-refractivity contribution in [2.45, 2.75) is 0 Å². The summed E-state index contributed by atoms with van der Waals surface area (Å²) in [7, 11) is 0. The van der Waals surface area contributed by atoms with Gasteiger partial charge in [-0.15, -0.1) is 13.2 Å². The van der Waals surface area contributed by atoms with E-state index >= 15 is 0 Å².